The second-order valence-corrected chi connectivity index (χ2v) is 6.84. The predicted octanol–water partition coefficient (Wildman–Crippen LogP) is 5.29. The summed E-state index contributed by atoms with van der Waals surface area (Å²) in [6.07, 6.45) is 7.70. The van der Waals surface area contributed by atoms with E-state index < -0.39 is 5.60 Å². The van der Waals surface area contributed by atoms with Crippen LogP contribution in [-0.2, 0) is 5.60 Å². The standard InChI is InChI=1S/C24H18N2O/c1-17-6-5-9-19(14-17)24(18-7-3-2-4-8-18)13-12-20-21-15-25-16-26-22(21)10-11-23(20)27-24/h2-16H,1H3. The van der Waals surface area contributed by atoms with Crippen LogP contribution in [-0.4, -0.2) is 9.97 Å². The van der Waals surface area contributed by atoms with Crippen molar-refractivity contribution < 1.29 is 4.74 Å². The van der Waals surface area contributed by atoms with Crippen molar-refractivity contribution in [1.82, 2.24) is 9.97 Å². The van der Waals surface area contributed by atoms with Gasteiger partial charge in [-0.1, -0.05) is 60.2 Å². The Labute approximate surface area is 158 Å². The van der Waals surface area contributed by atoms with Crippen LogP contribution in [0.5, 0.6) is 5.75 Å². The average molecular weight is 350 g/mol. The molecule has 0 N–H and O–H groups in total. The largest absolute Gasteiger partial charge is 0.473 e. The SMILES string of the molecule is Cc1cccc(C2(c3ccccc3)C=Cc3c(ccc4ncncc34)O2)c1. The first kappa shape index (κ1) is 15.8. The van der Waals surface area contributed by atoms with Gasteiger partial charge >= 0.3 is 0 Å². The van der Waals surface area contributed by atoms with Gasteiger partial charge in [0.2, 0.25) is 0 Å². The van der Waals surface area contributed by atoms with Crippen molar-refractivity contribution in [2.45, 2.75) is 12.5 Å². The third kappa shape index (κ3) is 2.51. The van der Waals surface area contributed by atoms with Crippen LogP contribution in [0.1, 0.15) is 22.3 Å². The van der Waals surface area contributed by atoms with Gasteiger partial charge in [-0.3, -0.25) is 0 Å². The fourth-order valence-corrected chi connectivity index (χ4v) is 3.76. The van der Waals surface area contributed by atoms with Crippen molar-refractivity contribution in [3.05, 3.63) is 108 Å². The molecular formula is C24H18N2O. The molecule has 1 unspecified atom stereocenters. The normalized spacial score (nSPS) is 18.1. The molecule has 1 aromatic heterocycles. The third-order valence-corrected chi connectivity index (χ3v) is 5.10. The highest BCUT2D eigenvalue weighted by atomic mass is 16.5. The zero-order chi connectivity index (χ0) is 18.3. The minimum atomic E-state index is -0.663. The molecule has 2 heterocycles. The monoisotopic (exact) mass is 350 g/mol. The van der Waals surface area contributed by atoms with Gasteiger partial charge in [-0.05, 0) is 31.2 Å². The first-order valence-electron chi connectivity index (χ1n) is 9.00. The van der Waals surface area contributed by atoms with Gasteiger partial charge in [-0.15, -0.1) is 0 Å². The quantitative estimate of drug-likeness (QED) is 0.493. The second-order valence-electron chi connectivity index (χ2n) is 6.84. The maximum absolute atomic E-state index is 6.71. The van der Waals surface area contributed by atoms with Gasteiger partial charge < -0.3 is 4.74 Å². The van der Waals surface area contributed by atoms with Crippen LogP contribution >= 0.6 is 0 Å². The van der Waals surface area contributed by atoms with Gasteiger partial charge in [-0.2, -0.15) is 0 Å². The van der Waals surface area contributed by atoms with E-state index in [1.807, 2.05) is 36.5 Å². The smallest absolute Gasteiger partial charge is 0.178 e. The topological polar surface area (TPSA) is 35.0 Å². The maximum atomic E-state index is 6.71. The van der Waals surface area contributed by atoms with Gasteiger partial charge in [0.05, 0.1) is 5.52 Å². The van der Waals surface area contributed by atoms with Crippen molar-refractivity contribution in [2.24, 2.45) is 0 Å². The van der Waals surface area contributed by atoms with E-state index in [9.17, 15) is 0 Å². The molecule has 1 aliphatic rings. The lowest BCUT2D eigenvalue weighted by Crippen LogP contribution is -2.34. The van der Waals surface area contributed by atoms with Crippen LogP contribution in [0.25, 0.3) is 17.0 Å². The van der Waals surface area contributed by atoms with Crippen molar-refractivity contribution in [3.8, 4) is 5.75 Å². The number of hydrogen-bond acceptors (Lipinski definition) is 3. The summed E-state index contributed by atoms with van der Waals surface area (Å²) in [6.45, 7) is 2.10. The van der Waals surface area contributed by atoms with Gasteiger partial charge in [0.1, 0.15) is 12.1 Å². The molecule has 27 heavy (non-hydrogen) atoms. The summed E-state index contributed by atoms with van der Waals surface area (Å²) in [5.41, 5.74) is 4.69. The van der Waals surface area contributed by atoms with Crippen molar-refractivity contribution in [3.63, 3.8) is 0 Å². The van der Waals surface area contributed by atoms with Crippen molar-refractivity contribution in [2.75, 3.05) is 0 Å². The van der Waals surface area contributed by atoms with E-state index in [1.165, 1.54) is 5.56 Å². The molecule has 0 radical (unpaired) electrons. The van der Waals surface area contributed by atoms with Gasteiger partial charge in [-0.25, -0.2) is 9.97 Å². The summed E-state index contributed by atoms with van der Waals surface area (Å²) in [7, 11) is 0. The highest BCUT2D eigenvalue weighted by molar-refractivity contribution is 5.91. The van der Waals surface area contributed by atoms with E-state index in [0.717, 1.165) is 33.3 Å². The van der Waals surface area contributed by atoms with E-state index in [2.05, 4.69) is 65.4 Å². The zero-order valence-electron chi connectivity index (χ0n) is 15.0. The molecule has 1 aliphatic heterocycles. The van der Waals surface area contributed by atoms with Gasteiger partial charge in [0, 0.05) is 28.3 Å². The number of benzene rings is 3. The predicted molar refractivity (Wildman–Crippen MR) is 108 cm³/mol. The molecule has 0 amide bonds. The summed E-state index contributed by atoms with van der Waals surface area (Å²) in [6, 6.07) is 22.8. The average Bonchev–Trinajstić information content (AvgIpc) is 2.74. The number of aryl methyl sites for hydroxylation is 1. The van der Waals surface area contributed by atoms with E-state index in [4.69, 9.17) is 4.74 Å². The molecule has 130 valence electrons. The minimum Gasteiger partial charge on any atom is -0.473 e. The van der Waals surface area contributed by atoms with Crippen LogP contribution in [0.4, 0.5) is 0 Å². The van der Waals surface area contributed by atoms with E-state index >= 15 is 0 Å². The summed E-state index contributed by atoms with van der Waals surface area (Å²) < 4.78 is 6.71. The minimum absolute atomic E-state index is 0.663. The molecule has 3 heteroatoms. The molecule has 1 atom stereocenters. The van der Waals surface area contributed by atoms with Crippen LogP contribution in [0.2, 0.25) is 0 Å². The highest BCUT2D eigenvalue weighted by Gasteiger charge is 2.37. The van der Waals surface area contributed by atoms with Crippen LogP contribution < -0.4 is 4.74 Å². The fourth-order valence-electron chi connectivity index (χ4n) is 3.76. The van der Waals surface area contributed by atoms with E-state index in [1.54, 1.807) is 6.33 Å². The molecule has 3 nitrogen and oxygen atoms in total. The number of fused-ring (bicyclic) bond motifs is 3. The summed E-state index contributed by atoms with van der Waals surface area (Å²) in [5.74, 6) is 0.838. The lowest BCUT2D eigenvalue weighted by Gasteiger charge is -2.36. The third-order valence-electron chi connectivity index (χ3n) is 5.10. The first-order chi connectivity index (χ1) is 13.3. The Balaban J connectivity index is 1.75. The Hall–Kier alpha value is -3.46. The Kier molecular flexibility index (Phi) is 3.54. The van der Waals surface area contributed by atoms with Crippen LogP contribution in [0.3, 0.4) is 0 Å². The van der Waals surface area contributed by atoms with Gasteiger partial charge in [0.15, 0.2) is 5.60 Å². The molecule has 0 fully saturated rings. The Bertz CT molecular complexity index is 1170. The molecule has 3 aromatic carbocycles. The molecule has 0 saturated heterocycles. The lowest BCUT2D eigenvalue weighted by atomic mass is 9.83. The zero-order valence-corrected chi connectivity index (χ0v) is 15.0. The second kappa shape index (κ2) is 6.06. The molecule has 0 spiro atoms. The van der Waals surface area contributed by atoms with E-state index in [0.29, 0.717) is 0 Å². The number of nitrogens with zero attached hydrogens (tertiary/aromatic N) is 2. The van der Waals surface area contributed by atoms with Crippen molar-refractivity contribution >= 4 is 17.0 Å². The van der Waals surface area contributed by atoms with Crippen molar-refractivity contribution in [1.29, 1.82) is 0 Å². The number of rotatable bonds is 2. The summed E-state index contributed by atoms with van der Waals surface area (Å²) >= 11 is 0. The summed E-state index contributed by atoms with van der Waals surface area (Å²) in [4.78, 5) is 8.54. The summed E-state index contributed by atoms with van der Waals surface area (Å²) in [5, 5.41) is 0.997. The molecular weight excluding hydrogens is 332 g/mol. The van der Waals surface area contributed by atoms with Gasteiger partial charge in [0.25, 0.3) is 0 Å². The molecule has 0 aliphatic carbocycles. The fraction of sp³-hybridized carbons (Fsp3) is 0.0833. The van der Waals surface area contributed by atoms with Crippen LogP contribution in [0.15, 0.2) is 85.3 Å². The lowest BCUT2D eigenvalue weighted by molar-refractivity contribution is 0.161. The Morgan fingerprint density at radius 3 is 2.59 bits per heavy atom. The molecule has 0 saturated carbocycles. The molecule has 5 rings (SSSR count). The first-order valence-corrected chi connectivity index (χ1v) is 9.00. The molecule has 4 aromatic rings. The Morgan fingerprint density at radius 1 is 0.889 bits per heavy atom. The maximum Gasteiger partial charge on any atom is 0.178 e. The highest BCUT2D eigenvalue weighted by Crippen LogP contribution is 2.43. The number of hydrogen-bond donors (Lipinski definition) is 0. The number of ether oxygens (including phenoxy) is 1. The Morgan fingerprint density at radius 2 is 1.74 bits per heavy atom. The number of aromatic nitrogens is 2. The molecule has 0 bridgehead atoms. The van der Waals surface area contributed by atoms with E-state index in [-0.39, 0.29) is 0 Å². The van der Waals surface area contributed by atoms with Crippen LogP contribution in [0, 0.1) is 6.92 Å².